The van der Waals surface area contributed by atoms with Crippen molar-refractivity contribution in [1.29, 1.82) is 0 Å². The first kappa shape index (κ1) is 23.0. The van der Waals surface area contributed by atoms with E-state index in [2.05, 4.69) is 19.2 Å². The summed E-state index contributed by atoms with van der Waals surface area (Å²) in [4.78, 5) is 0. The van der Waals surface area contributed by atoms with Gasteiger partial charge >= 0.3 is 0 Å². The Bertz CT molecular complexity index is 170. The van der Waals surface area contributed by atoms with Crippen LogP contribution in [0, 0.1) is 0 Å². The van der Waals surface area contributed by atoms with Crippen molar-refractivity contribution in [3.05, 3.63) is 0 Å². The van der Waals surface area contributed by atoms with Crippen molar-refractivity contribution in [2.24, 2.45) is 0 Å². The van der Waals surface area contributed by atoms with Crippen molar-refractivity contribution < 1.29 is 0 Å². The minimum Gasteiger partial charge on any atom is -0.317 e. The van der Waals surface area contributed by atoms with Gasteiger partial charge in [-0.2, -0.15) is 0 Å². The van der Waals surface area contributed by atoms with E-state index in [1.54, 1.807) is 0 Å². The van der Waals surface area contributed by atoms with E-state index in [9.17, 15) is 0 Å². The highest BCUT2D eigenvalue weighted by Crippen LogP contribution is 2.13. The van der Waals surface area contributed by atoms with Gasteiger partial charge in [0.25, 0.3) is 0 Å². The molecule has 140 valence electrons. The molecule has 0 spiro atoms. The third kappa shape index (κ3) is 22.0. The molecule has 0 fully saturated rings. The van der Waals surface area contributed by atoms with E-state index in [0.29, 0.717) is 0 Å². The van der Waals surface area contributed by atoms with Gasteiger partial charge in [0.05, 0.1) is 0 Å². The first-order chi connectivity index (χ1) is 11.4. The lowest BCUT2D eigenvalue weighted by molar-refractivity contribution is 0.523. The van der Waals surface area contributed by atoms with Gasteiger partial charge in [-0.05, 0) is 25.9 Å². The molecule has 23 heavy (non-hydrogen) atoms. The number of nitrogens with one attached hydrogen (secondary N) is 1. The fourth-order valence-electron chi connectivity index (χ4n) is 3.28. The van der Waals surface area contributed by atoms with Crippen LogP contribution in [0.3, 0.4) is 0 Å². The van der Waals surface area contributed by atoms with E-state index in [0.717, 1.165) is 0 Å². The monoisotopic (exact) mass is 325 g/mol. The fourth-order valence-corrected chi connectivity index (χ4v) is 3.28. The highest BCUT2D eigenvalue weighted by molar-refractivity contribution is 4.51. The maximum Gasteiger partial charge on any atom is -0.00489 e. The van der Waals surface area contributed by atoms with Gasteiger partial charge in [-0.25, -0.2) is 0 Å². The summed E-state index contributed by atoms with van der Waals surface area (Å²) in [6.07, 6.45) is 26.1. The van der Waals surface area contributed by atoms with Gasteiger partial charge < -0.3 is 5.32 Å². The Morgan fingerprint density at radius 3 is 1.04 bits per heavy atom. The molecule has 1 N–H and O–H groups in total. The second-order valence-corrected chi connectivity index (χ2v) is 7.41. The zero-order valence-corrected chi connectivity index (χ0v) is 16.6. The van der Waals surface area contributed by atoms with Crippen molar-refractivity contribution in [2.45, 2.75) is 129 Å². The molecule has 0 aromatic heterocycles. The average molecular weight is 326 g/mol. The van der Waals surface area contributed by atoms with Crippen molar-refractivity contribution in [2.75, 3.05) is 13.1 Å². The number of hydrogen-bond acceptors (Lipinski definition) is 1. The van der Waals surface area contributed by atoms with Crippen LogP contribution >= 0.6 is 0 Å². The summed E-state index contributed by atoms with van der Waals surface area (Å²) in [7, 11) is 0. The van der Waals surface area contributed by atoms with Gasteiger partial charge in [0.1, 0.15) is 0 Å². The zero-order chi connectivity index (χ0) is 16.8. The Hall–Kier alpha value is -0.0400. The number of hydrogen-bond donors (Lipinski definition) is 1. The molecule has 1 nitrogen and oxygen atoms in total. The second kappa shape index (κ2) is 22.0. The molecule has 0 aromatic carbocycles. The van der Waals surface area contributed by atoms with Crippen molar-refractivity contribution >= 4 is 0 Å². The molecular formula is C22H47N. The summed E-state index contributed by atoms with van der Waals surface area (Å²) >= 11 is 0. The molecule has 0 bridgehead atoms. The maximum atomic E-state index is 3.49. The summed E-state index contributed by atoms with van der Waals surface area (Å²) in [6, 6.07) is 0. The molecule has 0 saturated heterocycles. The van der Waals surface area contributed by atoms with E-state index in [1.807, 2.05) is 0 Å². The van der Waals surface area contributed by atoms with Gasteiger partial charge in [0.2, 0.25) is 0 Å². The molecule has 0 atom stereocenters. The van der Waals surface area contributed by atoms with Crippen LogP contribution in [0.4, 0.5) is 0 Å². The van der Waals surface area contributed by atoms with E-state index >= 15 is 0 Å². The third-order valence-electron chi connectivity index (χ3n) is 4.88. The van der Waals surface area contributed by atoms with Crippen LogP contribution in [-0.4, -0.2) is 13.1 Å². The Morgan fingerprint density at radius 2 is 0.696 bits per heavy atom. The van der Waals surface area contributed by atoms with Gasteiger partial charge in [0, 0.05) is 0 Å². The second-order valence-electron chi connectivity index (χ2n) is 7.41. The first-order valence-electron chi connectivity index (χ1n) is 11.1. The highest BCUT2D eigenvalue weighted by atomic mass is 14.8. The summed E-state index contributed by atoms with van der Waals surface area (Å²) in [6.45, 7) is 6.96. The van der Waals surface area contributed by atoms with Crippen LogP contribution in [0.15, 0.2) is 0 Å². The maximum absolute atomic E-state index is 3.49. The van der Waals surface area contributed by atoms with E-state index in [4.69, 9.17) is 0 Å². The topological polar surface area (TPSA) is 12.0 Å². The first-order valence-corrected chi connectivity index (χ1v) is 11.1. The minimum absolute atomic E-state index is 1.19. The van der Waals surface area contributed by atoms with Crippen molar-refractivity contribution in [3.63, 3.8) is 0 Å². The summed E-state index contributed by atoms with van der Waals surface area (Å²) in [5.41, 5.74) is 0. The van der Waals surface area contributed by atoms with Crippen LogP contribution in [0.1, 0.15) is 129 Å². The Labute approximate surface area is 148 Å². The number of rotatable bonds is 20. The lowest BCUT2D eigenvalue weighted by Crippen LogP contribution is -2.15. The Kier molecular flexibility index (Phi) is 21.9. The van der Waals surface area contributed by atoms with E-state index < -0.39 is 0 Å². The normalized spacial score (nSPS) is 11.2. The zero-order valence-electron chi connectivity index (χ0n) is 16.6. The molecule has 0 aliphatic carbocycles. The predicted molar refractivity (Wildman–Crippen MR) is 107 cm³/mol. The molecule has 0 heterocycles. The molecule has 0 unspecified atom stereocenters. The van der Waals surface area contributed by atoms with Crippen molar-refractivity contribution in [1.82, 2.24) is 5.32 Å². The molecule has 0 aromatic rings. The van der Waals surface area contributed by atoms with Gasteiger partial charge in [-0.1, -0.05) is 117 Å². The highest BCUT2D eigenvalue weighted by Gasteiger charge is 1.94. The van der Waals surface area contributed by atoms with Gasteiger partial charge in [-0.3, -0.25) is 0 Å². The van der Waals surface area contributed by atoms with Crippen molar-refractivity contribution in [3.8, 4) is 0 Å². The van der Waals surface area contributed by atoms with Crippen LogP contribution in [0.2, 0.25) is 0 Å². The Balaban J connectivity index is 2.92. The van der Waals surface area contributed by atoms with Crippen LogP contribution in [-0.2, 0) is 0 Å². The molecule has 0 aliphatic rings. The SMILES string of the molecule is CCCCCCCCCCCCCCCCCCCNCCC. The fraction of sp³-hybridized carbons (Fsp3) is 1.00. The molecule has 0 rings (SSSR count). The van der Waals surface area contributed by atoms with Crippen LogP contribution in [0.25, 0.3) is 0 Å². The molecule has 0 amide bonds. The molecule has 0 aliphatic heterocycles. The predicted octanol–water partition coefficient (Wildman–Crippen LogP) is 7.64. The summed E-state index contributed by atoms with van der Waals surface area (Å²) < 4.78 is 0. The van der Waals surface area contributed by atoms with Gasteiger partial charge in [-0.15, -0.1) is 0 Å². The van der Waals surface area contributed by atoms with E-state index in [1.165, 1.54) is 129 Å². The molecule has 1 heteroatoms. The summed E-state index contributed by atoms with van der Waals surface area (Å²) in [5.74, 6) is 0. The smallest absolute Gasteiger partial charge is 0.00489 e. The Morgan fingerprint density at radius 1 is 0.348 bits per heavy atom. The van der Waals surface area contributed by atoms with Crippen LogP contribution in [0.5, 0.6) is 0 Å². The number of unbranched alkanes of at least 4 members (excludes halogenated alkanes) is 16. The average Bonchev–Trinajstić information content (AvgIpc) is 2.57. The molecular weight excluding hydrogens is 278 g/mol. The quantitative estimate of drug-likeness (QED) is 0.227. The van der Waals surface area contributed by atoms with E-state index in [-0.39, 0.29) is 0 Å². The summed E-state index contributed by atoms with van der Waals surface area (Å²) in [5, 5.41) is 3.49. The minimum atomic E-state index is 1.19. The lowest BCUT2D eigenvalue weighted by atomic mass is 10.0. The largest absolute Gasteiger partial charge is 0.317 e. The standard InChI is InChI=1S/C22H47N/c1-3-5-6-7-8-9-10-11-12-13-14-15-16-17-18-19-20-22-23-21-4-2/h23H,3-22H2,1-2H3. The molecule has 0 saturated carbocycles. The van der Waals surface area contributed by atoms with Crippen LogP contribution < -0.4 is 5.32 Å². The third-order valence-corrected chi connectivity index (χ3v) is 4.88. The van der Waals surface area contributed by atoms with Gasteiger partial charge in [0.15, 0.2) is 0 Å². The molecule has 0 radical (unpaired) electrons. The lowest BCUT2D eigenvalue weighted by Gasteiger charge is -2.04.